The molecule has 0 amide bonds. The highest BCUT2D eigenvalue weighted by Gasteiger charge is 2.48. The normalized spacial score (nSPS) is 22.8. The highest BCUT2D eigenvalue weighted by atomic mass is 16.5. The van der Waals surface area contributed by atoms with E-state index < -0.39 is 0 Å². The lowest BCUT2D eigenvalue weighted by Gasteiger charge is -2.34. The molecule has 0 spiro atoms. The number of hydrogen-bond donors (Lipinski definition) is 2. The zero-order chi connectivity index (χ0) is 20.0. The standard InChI is InChI=1S/C21H22O7/c1-25-15-5-10-4-12-9-28-21(24)19(12)18(13(10)8-14(15)22)11-6-16(26-2)20(23)17(7-11)27-3/h5-8,12,18-19,22-23H,4,9H2,1-3H3/t12-,18-,19-/m0/s1. The summed E-state index contributed by atoms with van der Waals surface area (Å²) in [5, 5.41) is 20.6. The van der Waals surface area contributed by atoms with E-state index in [0.29, 0.717) is 18.8 Å². The number of rotatable bonds is 4. The highest BCUT2D eigenvalue weighted by Crippen LogP contribution is 2.51. The van der Waals surface area contributed by atoms with E-state index in [0.717, 1.165) is 16.7 Å². The van der Waals surface area contributed by atoms with Crippen LogP contribution in [0.2, 0.25) is 0 Å². The van der Waals surface area contributed by atoms with Crippen molar-refractivity contribution in [2.45, 2.75) is 12.3 Å². The van der Waals surface area contributed by atoms with E-state index in [1.165, 1.54) is 21.3 Å². The van der Waals surface area contributed by atoms with Gasteiger partial charge in [0.05, 0.1) is 33.9 Å². The van der Waals surface area contributed by atoms with E-state index in [9.17, 15) is 15.0 Å². The number of benzene rings is 2. The molecule has 1 fully saturated rings. The van der Waals surface area contributed by atoms with Crippen LogP contribution in [0.5, 0.6) is 28.7 Å². The van der Waals surface area contributed by atoms with Crippen LogP contribution in [0.3, 0.4) is 0 Å². The van der Waals surface area contributed by atoms with E-state index >= 15 is 0 Å². The Morgan fingerprint density at radius 2 is 1.61 bits per heavy atom. The van der Waals surface area contributed by atoms with Crippen molar-refractivity contribution in [1.29, 1.82) is 0 Å². The number of ether oxygens (including phenoxy) is 4. The minimum atomic E-state index is -0.390. The SMILES string of the molecule is COc1cc2c(cc1O)[C@H](c1cc(OC)c(O)c(OC)c1)[C@H]1C(=O)OC[C@@H]1C2. The van der Waals surface area contributed by atoms with Crippen LogP contribution >= 0.6 is 0 Å². The van der Waals surface area contributed by atoms with Crippen molar-refractivity contribution in [1.82, 2.24) is 0 Å². The fourth-order valence-corrected chi connectivity index (χ4v) is 4.39. The Bertz CT molecular complexity index is 912. The molecule has 2 N–H and O–H groups in total. The first-order valence-corrected chi connectivity index (χ1v) is 8.99. The molecule has 28 heavy (non-hydrogen) atoms. The third kappa shape index (κ3) is 2.69. The molecule has 1 saturated heterocycles. The van der Waals surface area contributed by atoms with Gasteiger partial charge in [-0.15, -0.1) is 0 Å². The quantitative estimate of drug-likeness (QED) is 0.780. The molecule has 3 atom stereocenters. The fourth-order valence-electron chi connectivity index (χ4n) is 4.39. The summed E-state index contributed by atoms with van der Waals surface area (Å²) >= 11 is 0. The second kappa shape index (κ2) is 6.82. The van der Waals surface area contributed by atoms with E-state index in [-0.39, 0.29) is 46.7 Å². The van der Waals surface area contributed by atoms with Gasteiger partial charge in [-0.1, -0.05) is 0 Å². The average molecular weight is 386 g/mol. The van der Waals surface area contributed by atoms with Crippen molar-refractivity contribution >= 4 is 5.97 Å². The van der Waals surface area contributed by atoms with Crippen molar-refractivity contribution in [3.8, 4) is 28.7 Å². The smallest absolute Gasteiger partial charge is 0.310 e. The molecule has 1 aliphatic heterocycles. The van der Waals surface area contributed by atoms with Gasteiger partial charge in [0, 0.05) is 11.8 Å². The van der Waals surface area contributed by atoms with E-state index in [1.807, 2.05) is 6.07 Å². The molecule has 1 aliphatic carbocycles. The number of fused-ring (bicyclic) bond motifs is 2. The topological polar surface area (TPSA) is 94.5 Å². The number of esters is 1. The van der Waals surface area contributed by atoms with Crippen LogP contribution in [-0.4, -0.2) is 44.1 Å². The summed E-state index contributed by atoms with van der Waals surface area (Å²) in [7, 11) is 4.41. The Morgan fingerprint density at radius 1 is 0.964 bits per heavy atom. The molecule has 0 aromatic heterocycles. The first kappa shape index (κ1) is 18.3. The van der Waals surface area contributed by atoms with Gasteiger partial charge in [0.2, 0.25) is 5.75 Å². The molecule has 0 radical (unpaired) electrons. The van der Waals surface area contributed by atoms with Crippen molar-refractivity contribution in [2.24, 2.45) is 11.8 Å². The van der Waals surface area contributed by atoms with Gasteiger partial charge in [0.15, 0.2) is 23.0 Å². The molecule has 4 rings (SSSR count). The number of phenols is 2. The number of aromatic hydroxyl groups is 2. The van der Waals surface area contributed by atoms with Crippen molar-refractivity contribution in [2.75, 3.05) is 27.9 Å². The summed E-state index contributed by atoms with van der Waals surface area (Å²) in [6.07, 6.45) is 0.658. The summed E-state index contributed by atoms with van der Waals surface area (Å²) in [6.45, 7) is 0.356. The van der Waals surface area contributed by atoms with Gasteiger partial charge < -0.3 is 29.2 Å². The molecule has 0 unspecified atom stereocenters. The maximum absolute atomic E-state index is 12.6. The van der Waals surface area contributed by atoms with Crippen molar-refractivity contribution < 1.29 is 34.0 Å². The lowest BCUT2D eigenvalue weighted by Crippen LogP contribution is -2.31. The lowest BCUT2D eigenvalue weighted by atomic mass is 9.67. The number of carbonyl (C=O) groups excluding carboxylic acids is 1. The molecule has 2 aliphatic rings. The molecule has 7 heteroatoms. The maximum atomic E-state index is 12.6. The van der Waals surface area contributed by atoms with Crippen LogP contribution < -0.4 is 14.2 Å². The van der Waals surface area contributed by atoms with Crippen LogP contribution in [-0.2, 0) is 16.0 Å². The third-order valence-corrected chi connectivity index (χ3v) is 5.70. The zero-order valence-electron chi connectivity index (χ0n) is 15.9. The summed E-state index contributed by atoms with van der Waals surface area (Å²) in [4.78, 5) is 12.6. The number of carbonyl (C=O) groups is 1. The lowest BCUT2D eigenvalue weighted by molar-refractivity contribution is -0.141. The second-order valence-electron chi connectivity index (χ2n) is 7.09. The summed E-state index contributed by atoms with van der Waals surface area (Å²) < 4.78 is 21.2. The van der Waals surface area contributed by atoms with Crippen LogP contribution in [0.4, 0.5) is 0 Å². The Hall–Kier alpha value is -3.09. The first-order chi connectivity index (χ1) is 13.5. The Morgan fingerprint density at radius 3 is 2.21 bits per heavy atom. The van der Waals surface area contributed by atoms with Gasteiger partial charge in [-0.05, 0) is 47.4 Å². The molecular weight excluding hydrogens is 364 g/mol. The van der Waals surface area contributed by atoms with Crippen LogP contribution in [0.25, 0.3) is 0 Å². The van der Waals surface area contributed by atoms with E-state index in [1.54, 1.807) is 18.2 Å². The van der Waals surface area contributed by atoms with E-state index in [2.05, 4.69) is 0 Å². The molecule has 2 aromatic carbocycles. The Kier molecular flexibility index (Phi) is 4.45. The fraction of sp³-hybridized carbons (Fsp3) is 0.381. The second-order valence-corrected chi connectivity index (χ2v) is 7.09. The van der Waals surface area contributed by atoms with Gasteiger partial charge in [-0.3, -0.25) is 4.79 Å². The largest absolute Gasteiger partial charge is 0.504 e. The number of cyclic esters (lactones) is 1. The predicted molar refractivity (Wildman–Crippen MR) is 99.4 cm³/mol. The number of hydrogen-bond acceptors (Lipinski definition) is 7. The van der Waals surface area contributed by atoms with Crippen molar-refractivity contribution in [3.05, 3.63) is 41.0 Å². The summed E-state index contributed by atoms with van der Waals surface area (Å²) in [5.41, 5.74) is 2.56. The Labute approximate surface area is 162 Å². The summed E-state index contributed by atoms with van der Waals surface area (Å²) in [5.74, 6) is -0.205. The van der Waals surface area contributed by atoms with Gasteiger partial charge in [-0.25, -0.2) is 0 Å². The molecular formula is C21H22O7. The zero-order valence-corrected chi connectivity index (χ0v) is 15.9. The van der Waals surface area contributed by atoms with Crippen LogP contribution in [0.1, 0.15) is 22.6 Å². The van der Waals surface area contributed by atoms with Crippen LogP contribution in [0.15, 0.2) is 24.3 Å². The molecule has 2 aromatic rings. The summed E-state index contributed by atoms with van der Waals surface area (Å²) in [6, 6.07) is 6.85. The Balaban J connectivity index is 1.94. The van der Waals surface area contributed by atoms with Crippen molar-refractivity contribution in [3.63, 3.8) is 0 Å². The minimum Gasteiger partial charge on any atom is -0.504 e. The third-order valence-electron chi connectivity index (χ3n) is 5.70. The van der Waals surface area contributed by atoms with Gasteiger partial charge in [0.25, 0.3) is 0 Å². The number of phenolic OH excluding ortho intramolecular Hbond substituents is 2. The monoisotopic (exact) mass is 386 g/mol. The molecule has 148 valence electrons. The van der Waals surface area contributed by atoms with Gasteiger partial charge in [-0.2, -0.15) is 0 Å². The van der Waals surface area contributed by atoms with E-state index in [4.69, 9.17) is 18.9 Å². The average Bonchev–Trinajstić information content (AvgIpc) is 3.06. The van der Waals surface area contributed by atoms with Crippen LogP contribution in [0, 0.1) is 11.8 Å². The number of methoxy groups -OCH3 is 3. The first-order valence-electron chi connectivity index (χ1n) is 8.99. The molecule has 1 heterocycles. The van der Waals surface area contributed by atoms with Gasteiger partial charge >= 0.3 is 5.97 Å². The molecule has 7 nitrogen and oxygen atoms in total. The molecule has 0 saturated carbocycles. The molecule has 0 bridgehead atoms. The van der Waals surface area contributed by atoms with Gasteiger partial charge in [0.1, 0.15) is 0 Å². The highest BCUT2D eigenvalue weighted by molar-refractivity contribution is 5.78. The minimum absolute atomic E-state index is 0.00812. The predicted octanol–water partition coefficient (Wildman–Crippen LogP) is 2.60. The maximum Gasteiger partial charge on any atom is 0.310 e.